The van der Waals surface area contributed by atoms with Gasteiger partial charge in [-0.05, 0) is 54.8 Å². The molecule has 27 heavy (non-hydrogen) atoms. The number of ether oxygens (including phenoxy) is 1. The van der Waals surface area contributed by atoms with Crippen LogP contribution >= 0.6 is 11.6 Å². The highest BCUT2D eigenvalue weighted by Gasteiger charge is 2.24. The maximum atomic E-state index is 12.5. The van der Waals surface area contributed by atoms with Crippen molar-refractivity contribution in [1.82, 2.24) is 10.2 Å². The number of carbonyl (C=O) groups excluding carboxylic acids is 2. The number of hydrogen-bond donors (Lipinski definition) is 1. The minimum absolute atomic E-state index is 0.0826. The van der Waals surface area contributed by atoms with E-state index in [1.54, 1.807) is 43.5 Å². The second kappa shape index (κ2) is 8.91. The second-order valence-electron chi connectivity index (χ2n) is 6.66. The van der Waals surface area contributed by atoms with Gasteiger partial charge in [-0.2, -0.15) is 0 Å². The van der Waals surface area contributed by atoms with E-state index in [0.29, 0.717) is 30.1 Å². The van der Waals surface area contributed by atoms with Crippen LogP contribution in [0.25, 0.3) is 0 Å². The number of nitrogens with zero attached hydrogens (tertiary/aromatic N) is 1. The fourth-order valence-corrected chi connectivity index (χ4v) is 3.30. The molecule has 0 atom stereocenters. The van der Waals surface area contributed by atoms with Crippen LogP contribution in [0.4, 0.5) is 0 Å². The zero-order valence-corrected chi connectivity index (χ0v) is 16.0. The van der Waals surface area contributed by atoms with Crippen LogP contribution in [0.3, 0.4) is 0 Å². The van der Waals surface area contributed by atoms with Gasteiger partial charge < -0.3 is 15.0 Å². The Morgan fingerprint density at radius 2 is 1.70 bits per heavy atom. The van der Waals surface area contributed by atoms with Crippen molar-refractivity contribution >= 4 is 23.4 Å². The molecule has 3 rings (SSSR count). The van der Waals surface area contributed by atoms with Crippen molar-refractivity contribution in [2.75, 3.05) is 20.2 Å². The number of amides is 2. The van der Waals surface area contributed by atoms with E-state index in [4.69, 9.17) is 16.3 Å². The highest BCUT2D eigenvalue weighted by molar-refractivity contribution is 6.30. The maximum Gasteiger partial charge on any atom is 0.251 e. The number of nitrogens with one attached hydrogen (secondary N) is 1. The largest absolute Gasteiger partial charge is 0.497 e. The molecule has 5 nitrogen and oxygen atoms in total. The van der Waals surface area contributed by atoms with Crippen LogP contribution in [-0.2, 0) is 11.2 Å². The van der Waals surface area contributed by atoms with Crippen molar-refractivity contribution in [2.24, 2.45) is 0 Å². The predicted molar refractivity (Wildman–Crippen MR) is 105 cm³/mol. The van der Waals surface area contributed by atoms with Crippen LogP contribution in [0.15, 0.2) is 48.5 Å². The van der Waals surface area contributed by atoms with E-state index in [9.17, 15) is 9.59 Å². The van der Waals surface area contributed by atoms with Crippen LogP contribution < -0.4 is 10.1 Å². The summed E-state index contributed by atoms with van der Waals surface area (Å²) < 4.78 is 5.11. The van der Waals surface area contributed by atoms with Crippen LogP contribution in [0.2, 0.25) is 5.02 Å². The molecule has 1 saturated heterocycles. The summed E-state index contributed by atoms with van der Waals surface area (Å²) in [6.45, 7) is 1.31. The van der Waals surface area contributed by atoms with Gasteiger partial charge in [-0.1, -0.05) is 23.7 Å². The third-order valence-electron chi connectivity index (χ3n) is 4.80. The average molecular weight is 387 g/mol. The molecule has 0 radical (unpaired) electrons. The number of hydrogen-bond acceptors (Lipinski definition) is 3. The average Bonchev–Trinajstić information content (AvgIpc) is 2.70. The van der Waals surface area contributed by atoms with E-state index in [-0.39, 0.29) is 17.9 Å². The number of benzene rings is 2. The van der Waals surface area contributed by atoms with E-state index in [1.807, 2.05) is 17.0 Å². The third-order valence-corrected chi connectivity index (χ3v) is 5.06. The van der Waals surface area contributed by atoms with E-state index in [2.05, 4.69) is 5.32 Å². The number of carbonyl (C=O) groups is 2. The molecule has 0 aromatic heterocycles. The van der Waals surface area contributed by atoms with Gasteiger partial charge in [0.2, 0.25) is 5.91 Å². The molecule has 1 N–H and O–H groups in total. The van der Waals surface area contributed by atoms with E-state index < -0.39 is 0 Å². The van der Waals surface area contributed by atoms with Gasteiger partial charge >= 0.3 is 0 Å². The minimum atomic E-state index is -0.0939. The summed E-state index contributed by atoms with van der Waals surface area (Å²) in [4.78, 5) is 26.7. The SMILES string of the molecule is COc1ccc(C(=O)NC2CCN(C(=O)Cc3ccc(Cl)cc3)CC2)cc1. The number of methoxy groups -OCH3 is 1. The first-order chi connectivity index (χ1) is 13.0. The van der Waals surface area contributed by atoms with Crippen LogP contribution in [0, 0.1) is 0 Å². The van der Waals surface area contributed by atoms with Gasteiger partial charge in [0, 0.05) is 29.7 Å². The molecule has 1 aliphatic rings. The number of halogens is 1. The predicted octanol–water partition coefficient (Wildman–Crippen LogP) is 3.31. The van der Waals surface area contributed by atoms with E-state index >= 15 is 0 Å². The fourth-order valence-electron chi connectivity index (χ4n) is 3.17. The van der Waals surface area contributed by atoms with E-state index in [0.717, 1.165) is 24.2 Å². The Kier molecular flexibility index (Phi) is 6.35. The zero-order chi connectivity index (χ0) is 19.2. The number of rotatable bonds is 5. The molecular formula is C21H23ClN2O3. The lowest BCUT2D eigenvalue weighted by Gasteiger charge is -2.32. The summed E-state index contributed by atoms with van der Waals surface area (Å²) in [6.07, 6.45) is 1.89. The molecule has 2 aromatic carbocycles. The van der Waals surface area contributed by atoms with Crippen LogP contribution in [0.5, 0.6) is 5.75 Å². The highest BCUT2D eigenvalue weighted by atomic mass is 35.5. The molecule has 1 heterocycles. The van der Waals surface area contributed by atoms with Crippen molar-refractivity contribution in [1.29, 1.82) is 0 Å². The van der Waals surface area contributed by atoms with Gasteiger partial charge in [0.05, 0.1) is 13.5 Å². The minimum Gasteiger partial charge on any atom is -0.497 e. The normalized spacial score (nSPS) is 14.7. The van der Waals surface area contributed by atoms with Crippen molar-refractivity contribution in [2.45, 2.75) is 25.3 Å². The highest BCUT2D eigenvalue weighted by Crippen LogP contribution is 2.16. The molecule has 2 aromatic rings. The quantitative estimate of drug-likeness (QED) is 0.857. The molecule has 1 aliphatic heterocycles. The maximum absolute atomic E-state index is 12.5. The third kappa shape index (κ3) is 5.23. The Balaban J connectivity index is 1.47. The molecule has 0 spiro atoms. The second-order valence-corrected chi connectivity index (χ2v) is 7.10. The van der Waals surface area contributed by atoms with Crippen molar-refractivity contribution in [3.8, 4) is 5.75 Å². The van der Waals surface area contributed by atoms with Crippen molar-refractivity contribution in [3.05, 3.63) is 64.7 Å². The Morgan fingerprint density at radius 1 is 1.07 bits per heavy atom. The topological polar surface area (TPSA) is 58.6 Å². The molecule has 0 saturated carbocycles. The lowest BCUT2D eigenvalue weighted by Crippen LogP contribution is -2.46. The van der Waals surface area contributed by atoms with E-state index in [1.165, 1.54) is 0 Å². The molecular weight excluding hydrogens is 364 g/mol. The van der Waals surface area contributed by atoms with Crippen LogP contribution in [-0.4, -0.2) is 43.0 Å². The molecule has 0 unspecified atom stereocenters. The lowest BCUT2D eigenvalue weighted by atomic mass is 10.0. The molecule has 6 heteroatoms. The standard InChI is InChI=1S/C21H23ClN2O3/c1-27-19-8-4-16(5-9-19)21(26)23-18-10-12-24(13-11-18)20(25)14-15-2-6-17(22)7-3-15/h2-9,18H,10-14H2,1H3,(H,23,26). The van der Waals surface area contributed by atoms with Crippen molar-refractivity contribution in [3.63, 3.8) is 0 Å². The monoisotopic (exact) mass is 386 g/mol. The summed E-state index contributed by atoms with van der Waals surface area (Å²) >= 11 is 5.88. The van der Waals surface area contributed by atoms with Crippen molar-refractivity contribution < 1.29 is 14.3 Å². The first-order valence-corrected chi connectivity index (χ1v) is 9.40. The van der Waals surface area contributed by atoms with Gasteiger partial charge in [-0.25, -0.2) is 0 Å². The number of likely N-dealkylation sites (tertiary alicyclic amines) is 1. The first-order valence-electron chi connectivity index (χ1n) is 9.02. The van der Waals surface area contributed by atoms with Gasteiger partial charge in [0.15, 0.2) is 0 Å². The van der Waals surface area contributed by atoms with Gasteiger partial charge in [0.1, 0.15) is 5.75 Å². The summed E-state index contributed by atoms with van der Waals surface area (Å²) in [5, 5.41) is 3.72. The summed E-state index contributed by atoms with van der Waals surface area (Å²) in [6, 6.07) is 14.5. The van der Waals surface area contributed by atoms with Gasteiger partial charge in [-0.3, -0.25) is 9.59 Å². The molecule has 0 aliphatic carbocycles. The van der Waals surface area contributed by atoms with Gasteiger partial charge in [-0.15, -0.1) is 0 Å². The summed E-state index contributed by atoms with van der Waals surface area (Å²) in [7, 11) is 1.59. The smallest absolute Gasteiger partial charge is 0.251 e. The Hall–Kier alpha value is -2.53. The molecule has 1 fully saturated rings. The fraction of sp³-hybridized carbons (Fsp3) is 0.333. The zero-order valence-electron chi connectivity index (χ0n) is 15.3. The molecule has 142 valence electrons. The summed E-state index contributed by atoms with van der Waals surface area (Å²) in [5.74, 6) is 0.736. The Morgan fingerprint density at radius 3 is 2.30 bits per heavy atom. The first kappa shape index (κ1) is 19.2. The van der Waals surface area contributed by atoms with Crippen LogP contribution in [0.1, 0.15) is 28.8 Å². The summed E-state index contributed by atoms with van der Waals surface area (Å²) in [5.41, 5.74) is 1.57. The molecule has 0 bridgehead atoms. The molecule has 2 amide bonds. The Bertz CT molecular complexity index is 782. The lowest BCUT2D eigenvalue weighted by molar-refractivity contribution is -0.131. The van der Waals surface area contributed by atoms with Gasteiger partial charge in [0.25, 0.3) is 5.91 Å². The number of piperidine rings is 1. The Labute approximate surface area is 164 Å².